The lowest BCUT2D eigenvalue weighted by Gasteiger charge is -2.33. The van der Waals surface area contributed by atoms with Crippen LogP contribution >= 0.6 is 0 Å². The van der Waals surface area contributed by atoms with Crippen molar-refractivity contribution < 1.29 is 18.0 Å². The molecule has 0 aromatic heterocycles. The second-order valence-electron chi connectivity index (χ2n) is 8.95. The Labute approximate surface area is 204 Å². The van der Waals surface area contributed by atoms with E-state index in [0.29, 0.717) is 25.1 Å². The Morgan fingerprint density at radius 3 is 2.18 bits per heavy atom. The van der Waals surface area contributed by atoms with Crippen molar-refractivity contribution in [3.05, 3.63) is 65.2 Å². The third kappa shape index (κ3) is 7.58. The van der Waals surface area contributed by atoms with Crippen LogP contribution in [0.3, 0.4) is 0 Å². The molecule has 2 amide bonds. The lowest BCUT2D eigenvalue weighted by atomic mass is 10.1. The Morgan fingerprint density at radius 2 is 1.65 bits per heavy atom. The molecule has 34 heavy (non-hydrogen) atoms. The molecule has 7 nitrogen and oxygen atoms in total. The van der Waals surface area contributed by atoms with E-state index in [-0.39, 0.29) is 18.5 Å². The van der Waals surface area contributed by atoms with E-state index in [0.717, 1.165) is 27.3 Å². The highest BCUT2D eigenvalue weighted by Gasteiger charge is 2.31. The van der Waals surface area contributed by atoms with Crippen LogP contribution in [0.2, 0.25) is 0 Å². The largest absolute Gasteiger partial charge is 0.352 e. The fourth-order valence-electron chi connectivity index (χ4n) is 3.77. The van der Waals surface area contributed by atoms with E-state index < -0.39 is 22.0 Å². The molecule has 0 aliphatic carbocycles. The fourth-order valence-corrected chi connectivity index (χ4v) is 4.61. The van der Waals surface area contributed by atoms with Crippen LogP contribution in [-0.4, -0.2) is 56.6 Å². The van der Waals surface area contributed by atoms with Crippen molar-refractivity contribution in [2.45, 2.75) is 59.5 Å². The summed E-state index contributed by atoms with van der Waals surface area (Å²) in [5, 5.41) is 2.89. The highest BCUT2D eigenvalue weighted by molar-refractivity contribution is 7.92. The van der Waals surface area contributed by atoms with Crippen molar-refractivity contribution in [1.29, 1.82) is 0 Å². The number of anilines is 1. The molecule has 0 fully saturated rings. The van der Waals surface area contributed by atoms with Gasteiger partial charge in [0.05, 0.1) is 11.9 Å². The van der Waals surface area contributed by atoms with Crippen LogP contribution < -0.4 is 9.62 Å². The minimum absolute atomic E-state index is 0.0734. The topological polar surface area (TPSA) is 86.8 Å². The van der Waals surface area contributed by atoms with E-state index in [4.69, 9.17) is 0 Å². The van der Waals surface area contributed by atoms with Gasteiger partial charge in [-0.1, -0.05) is 43.3 Å². The van der Waals surface area contributed by atoms with Crippen LogP contribution in [0.15, 0.2) is 48.5 Å². The predicted octanol–water partition coefficient (Wildman–Crippen LogP) is 3.44. The van der Waals surface area contributed by atoms with E-state index in [1.54, 1.807) is 12.1 Å². The summed E-state index contributed by atoms with van der Waals surface area (Å²) in [4.78, 5) is 28.0. The summed E-state index contributed by atoms with van der Waals surface area (Å²) >= 11 is 0. The normalized spacial score (nSPS) is 12.3. The molecule has 0 saturated carbocycles. The molecule has 0 unspecified atom stereocenters. The molecule has 0 spiro atoms. The number of sulfonamides is 1. The van der Waals surface area contributed by atoms with Gasteiger partial charge in [0.25, 0.3) is 0 Å². The maximum absolute atomic E-state index is 13.6. The van der Waals surface area contributed by atoms with Crippen molar-refractivity contribution in [2.24, 2.45) is 0 Å². The summed E-state index contributed by atoms with van der Waals surface area (Å²) in [7, 11) is -3.73. The van der Waals surface area contributed by atoms with Gasteiger partial charge < -0.3 is 10.2 Å². The van der Waals surface area contributed by atoms with Crippen molar-refractivity contribution in [2.75, 3.05) is 23.7 Å². The van der Waals surface area contributed by atoms with Gasteiger partial charge in [-0.05, 0) is 69.4 Å². The lowest BCUT2D eigenvalue weighted by molar-refractivity contribution is -0.139. The van der Waals surface area contributed by atoms with Gasteiger partial charge >= 0.3 is 0 Å². The average molecular weight is 488 g/mol. The summed E-state index contributed by atoms with van der Waals surface area (Å²) in [5.41, 5.74) is 3.43. The zero-order chi connectivity index (χ0) is 25.5. The van der Waals surface area contributed by atoms with Gasteiger partial charge in [-0.15, -0.1) is 0 Å². The molecule has 0 aliphatic rings. The maximum Gasteiger partial charge on any atom is 0.244 e. The van der Waals surface area contributed by atoms with Crippen molar-refractivity contribution in [3.63, 3.8) is 0 Å². The molecular formula is C26H37N3O4S. The second kappa shape index (κ2) is 12.0. The monoisotopic (exact) mass is 487 g/mol. The first-order chi connectivity index (χ1) is 15.9. The minimum atomic E-state index is -3.73. The first-order valence-corrected chi connectivity index (χ1v) is 13.5. The maximum atomic E-state index is 13.6. The molecule has 2 aromatic rings. The number of hydrogen-bond donors (Lipinski definition) is 1. The molecule has 0 saturated heterocycles. The van der Waals surface area contributed by atoms with Crippen LogP contribution in [0.4, 0.5) is 5.69 Å². The van der Waals surface area contributed by atoms with Gasteiger partial charge in [-0.25, -0.2) is 8.42 Å². The Hall–Kier alpha value is -2.87. The number of hydrogen-bond acceptors (Lipinski definition) is 4. The molecule has 0 heterocycles. The number of amides is 2. The van der Waals surface area contributed by atoms with Crippen molar-refractivity contribution in [3.8, 4) is 0 Å². The van der Waals surface area contributed by atoms with Gasteiger partial charge in [0.15, 0.2) is 0 Å². The number of benzene rings is 2. The summed E-state index contributed by atoms with van der Waals surface area (Å²) in [6.07, 6.45) is 2.06. The number of nitrogens with one attached hydrogen (secondary N) is 1. The Morgan fingerprint density at radius 1 is 1.00 bits per heavy atom. The zero-order valence-corrected chi connectivity index (χ0v) is 21.9. The molecule has 8 heteroatoms. The summed E-state index contributed by atoms with van der Waals surface area (Å²) < 4.78 is 26.4. The fraction of sp³-hybridized carbons (Fsp3) is 0.462. The Balaban J connectivity index is 2.38. The molecule has 0 bridgehead atoms. The molecule has 2 rings (SSSR count). The third-order valence-electron chi connectivity index (χ3n) is 5.76. The third-order valence-corrected chi connectivity index (χ3v) is 6.90. The number of aryl methyl sites for hydroxylation is 2. The number of rotatable bonds is 11. The van der Waals surface area contributed by atoms with Gasteiger partial charge in [-0.3, -0.25) is 13.9 Å². The molecule has 1 N–H and O–H groups in total. The van der Waals surface area contributed by atoms with Gasteiger partial charge in [0.2, 0.25) is 21.8 Å². The average Bonchev–Trinajstić information content (AvgIpc) is 2.76. The molecule has 0 aliphatic heterocycles. The molecule has 186 valence electrons. The van der Waals surface area contributed by atoms with E-state index in [1.807, 2.05) is 71.0 Å². The Kier molecular flexibility index (Phi) is 9.67. The summed E-state index contributed by atoms with van der Waals surface area (Å²) in [6.45, 7) is 9.36. The van der Waals surface area contributed by atoms with E-state index in [9.17, 15) is 18.0 Å². The standard InChI is InChI=1S/C26H37N3O4S/c1-7-24(26(31)27-19(2)3)28(16-15-22-11-9-8-10-12-22)25(30)18-29(34(6,32)33)23-14-13-20(4)21(5)17-23/h8-14,17,19,24H,7,15-16,18H2,1-6H3,(H,27,31)/t24-/m0/s1. The second-order valence-corrected chi connectivity index (χ2v) is 10.9. The number of nitrogens with zero attached hydrogens (tertiary/aromatic N) is 2. The molecule has 2 aromatic carbocycles. The van der Waals surface area contributed by atoms with Crippen molar-refractivity contribution >= 4 is 27.5 Å². The van der Waals surface area contributed by atoms with Gasteiger partial charge in [0.1, 0.15) is 12.6 Å². The molecule has 0 radical (unpaired) electrons. The highest BCUT2D eigenvalue weighted by atomic mass is 32.2. The van der Waals surface area contributed by atoms with Crippen LogP contribution in [0, 0.1) is 13.8 Å². The van der Waals surface area contributed by atoms with Crippen LogP contribution in [0.5, 0.6) is 0 Å². The number of carbonyl (C=O) groups is 2. The summed E-state index contributed by atoms with van der Waals surface area (Å²) in [6, 6.07) is 14.2. The minimum Gasteiger partial charge on any atom is -0.352 e. The summed E-state index contributed by atoms with van der Waals surface area (Å²) in [5.74, 6) is -0.652. The van der Waals surface area contributed by atoms with Gasteiger partial charge in [0, 0.05) is 12.6 Å². The number of carbonyl (C=O) groups excluding carboxylic acids is 2. The van der Waals surface area contributed by atoms with Crippen LogP contribution in [0.1, 0.15) is 43.9 Å². The zero-order valence-electron chi connectivity index (χ0n) is 21.0. The molecule has 1 atom stereocenters. The SMILES string of the molecule is CC[C@@H](C(=O)NC(C)C)N(CCc1ccccc1)C(=O)CN(c1ccc(C)c(C)c1)S(C)(=O)=O. The smallest absolute Gasteiger partial charge is 0.244 e. The molecular weight excluding hydrogens is 450 g/mol. The van der Waals surface area contributed by atoms with Crippen LogP contribution in [0.25, 0.3) is 0 Å². The van der Waals surface area contributed by atoms with E-state index in [1.165, 1.54) is 4.90 Å². The first kappa shape index (κ1) is 27.4. The first-order valence-electron chi connectivity index (χ1n) is 11.6. The Bertz CT molecular complexity index is 1080. The van der Waals surface area contributed by atoms with Crippen molar-refractivity contribution in [1.82, 2.24) is 10.2 Å². The predicted molar refractivity (Wildman–Crippen MR) is 137 cm³/mol. The highest BCUT2D eigenvalue weighted by Crippen LogP contribution is 2.22. The van der Waals surface area contributed by atoms with E-state index in [2.05, 4.69) is 5.32 Å². The van der Waals surface area contributed by atoms with E-state index >= 15 is 0 Å². The lowest BCUT2D eigenvalue weighted by Crippen LogP contribution is -2.54. The van der Waals surface area contributed by atoms with Crippen LogP contribution in [-0.2, 0) is 26.0 Å². The quantitative estimate of drug-likeness (QED) is 0.526. The van der Waals surface area contributed by atoms with Gasteiger partial charge in [-0.2, -0.15) is 0 Å².